The summed E-state index contributed by atoms with van der Waals surface area (Å²) in [5, 5.41) is 9.35. The van der Waals surface area contributed by atoms with E-state index in [0.29, 0.717) is 5.92 Å². The molecule has 1 aliphatic rings. The molecular weight excluding hydrogens is 298 g/mol. The SMILES string of the molecule is CC(C)c1nc(CCCc2ccccc2)oc1N1CCC[C@H]1C#N. The number of oxazole rings is 1. The zero-order chi connectivity index (χ0) is 16.9. The second-order valence-corrected chi connectivity index (χ2v) is 6.77. The highest BCUT2D eigenvalue weighted by Gasteiger charge is 2.30. The average molecular weight is 323 g/mol. The highest BCUT2D eigenvalue weighted by atomic mass is 16.4. The first-order valence-corrected chi connectivity index (χ1v) is 8.89. The minimum atomic E-state index is -0.0763. The molecule has 24 heavy (non-hydrogen) atoms. The van der Waals surface area contributed by atoms with E-state index >= 15 is 0 Å². The molecule has 1 aromatic heterocycles. The van der Waals surface area contributed by atoms with Gasteiger partial charge in [-0.2, -0.15) is 5.26 Å². The van der Waals surface area contributed by atoms with Crippen LogP contribution in [0.4, 0.5) is 5.88 Å². The molecule has 1 saturated heterocycles. The van der Waals surface area contributed by atoms with Crippen molar-refractivity contribution in [3.63, 3.8) is 0 Å². The topological polar surface area (TPSA) is 53.1 Å². The molecule has 1 atom stereocenters. The predicted molar refractivity (Wildman–Crippen MR) is 95.0 cm³/mol. The molecular formula is C20H25N3O. The Hall–Kier alpha value is -2.28. The molecule has 0 saturated carbocycles. The smallest absolute Gasteiger partial charge is 0.220 e. The van der Waals surface area contributed by atoms with Crippen LogP contribution in [0.1, 0.15) is 56.2 Å². The summed E-state index contributed by atoms with van der Waals surface area (Å²) in [5.41, 5.74) is 2.34. The number of rotatable bonds is 6. The molecule has 3 rings (SSSR count). The minimum Gasteiger partial charge on any atom is -0.425 e. The number of hydrogen-bond acceptors (Lipinski definition) is 4. The van der Waals surface area contributed by atoms with Gasteiger partial charge in [0.25, 0.3) is 0 Å². The van der Waals surface area contributed by atoms with Crippen LogP contribution in [0.3, 0.4) is 0 Å². The lowest BCUT2D eigenvalue weighted by Crippen LogP contribution is -2.28. The van der Waals surface area contributed by atoms with Crippen LogP contribution < -0.4 is 4.90 Å². The van der Waals surface area contributed by atoms with Crippen molar-refractivity contribution in [1.29, 1.82) is 5.26 Å². The van der Waals surface area contributed by atoms with Crippen LogP contribution in [0.5, 0.6) is 0 Å². The van der Waals surface area contributed by atoms with E-state index in [9.17, 15) is 5.26 Å². The van der Waals surface area contributed by atoms with Gasteiger partial charge in [-0.05, 0) is 31.2 Å². The maximum absolute atomic E-state index is 9.35. The van der Waals surface area contributed by atoms with Crippen molar-refractivity contribution in [2.24, 2.45) is 0 Å². The number of nitriles is 1. The van der Waals surface area contributed by atoms with E-state index in [4.69, 9.17) is 9.40 Å². The van der Waals surface area contributed by atoms with E-state index < -0.39 is 0 Å². The van der Waals surface area contributed by atoms with E-state index in [-0.39, 0.29) is 6.04 Å². The van der Waals surface area contributed by atoms with Gasteiger partial charge in [0.2, 0.25) is 5.88 Å². The molecule has 1 fully saturated rings. The molecule has 126 valence electrons. The van der Waals surface area contributed by atoms with Crippen LogP contribution in [-0.2, 0) is 12.8 Å². The van der Waals surface area contributed by atoms with Crippen molar-refractivity contribution in [3.8, 4) is 6.07 Å². The molecule has 2 heterocycles. The number of benzene rings is 1. The van der Waals surface area contributed by atoms with Crippen molar-refractivity contribution in [1.82, 2.24) is 4.98 Å². The van der Waals surface area contributed by atoms with Crippen molar-refractivity contribution in [3.05, 3.63) is 47.5 Å². The number of aromatic nitrogens is 1. The largest absolute Gasteiger partial charge is 0.425 e. The Bertz CT molecular complexity index is 699. The van der Waals surface area contributed by atoms with Crippen LogP contribution >= 0.6 is 0 Å². The highest BCUT2D eigenvalue weighted by Crippen LogP contribution is 2.33. The standard InChI is InChI=1S/C20H25N3O/c1-15(2)19-20(23-13-7-11-17(23)14-21)24-18(22-19)12-6-10-16-8-4-3-5-9-16/h3-5,8-9,15,17H,6-7,10-13H2,1-2H3/t17-/m0/s1. The summed E-state index contributed by atoms with van der Waals surface area (Å²) in [5.74, 6) is 1.92. The summed E-state index contributed by atoms with van der Waals surface area (Å²) in [6.45, 7) is 5.15. The lowest BCUT2D eigenvalue weighted by molar-refractivity contribution is 0.479. The zero-order valence-corrected chi connectivity index (χ0v) is 14.5. The predicted octanol–water partition coefficient (Wildman–Crippen LogP) is 4.47. The first-order chi connectivity index (χ1) is 11.7. The van der Waals surface area contributed by atoms with Gasteiger partial charge in [-0.25, -0.2) is 4.98 Å². The van der Waals surface area contributed by atoms with Gasteiger partial charge in [-0.1, -0.05) is 44.2 Å². The number of anilines is 1. The van der Waals surface area contributed by atoms with Gasteiger partial charge in [0.15, 0.2) is 5.89 Å². The third-order valence-electron chi connectivity index (χ3n) is 4.59. The normalized spacial score (nSPS) is 17.4. The Morgan fingerprint density at radius 2 is 2.08 bits per heavy atom. The molecule has 0 unspecified atom stereocenters. The van der Waals surface area contributed by atoms with E-state index in [0.717, 1.165) is 56.1 Å². The fraction of sp³-hybridized carbons (Fsp3) is 0.500. The second-order valence-electron chi connectivity index (χ2n) is 6.77. The number of hydrogen-bond donors (Lipinski definition) is 0. The van der Waals surface area contributed by atoms with Crippen molar-refractivity contribution >= 4 is 5.88 Å². The van der Waals surface area contributed by atoms with Gasteiger partial charge in [0.05, 0.1) is 6.07 Å². The lowest BCUT2D eigenvalue weighted by Gasteiger charge is -2.20. The maximum atomic E-state index is 9.35. The molecule has 0 amide bonds. The van der Waals surface area contributed by atoms with Crippen LogP contribution in [0.25, 0.3) is 0 Å². The van der Waals surface area contributed by atoms with Crippen LogP contribution in [0.15, 0.2) is 34.7 Å². The molecule has 0 aliphatic carbocycles. The Kier molecular flexibility index (Phi) is 5.20. The van der Waals surface area contributed by atoms with E-state index in [1.165, 1.54) is 5.56 Å². The van der Waals surface area contributed by atoms with Crippen molar-refractivity contribution in [2.75, 3.05) is 11.4 Å². The molecule has 2 aromatic rings. The molecule has 1 aromatic carbocycles. The fourth-order valence-electron chi connectivity index (χ4n) is 3.29. The Morgan fingerprint density at radius 1 is 1.29 bits per heavy atom. The highest BCUT2D eigenvalue weighted by molar-refractivity contribution is 5.46. The van der Waals surface area contributed by atoms with Gasteiger partial charge in [0.1, 0.15) is 11.7 Å². The molecule has 0 bridgehead atoms. The summed E-state index contributed by atoms with van der Waals surface area (Å²) in [7, 11) is 0. The molecule has 4 heteroatoms. The number of nitrogens with zero attached hydrogens (tertiary/aromatic N) is 3. The summed E-state index contributed by atoms with van der Waals surface area (Å²) >= 11 is 0. The number of aryl methyl sites for hydroxylation is 2. The van der Waals surface area contributed by atoms with Gasteiger partial charge in [-0.3, -0.25) is 0 Å². The monoisotopic (exact) mass is 323 g/mol. The lowest BCUT2D eigenvalue weighted by atomic mass is 10.1. The summed E-state index contributed by atoms with van der Waals surface area (Å²) in [4.78, 5) is 6.84. The van der Waals surface area contributed by atoms with Crippen molar-refractivity contribution < 1.29 is 4.42 Å². The quantitative estimate of drug-likeness (QED) is 0.787. The molecule has 0 radical (unpaired) electrons. The minimum absolute atomic E-state index is 0.0763. The molecule has 0 N–H and O–H groups in total. The molecule has 0 spiro atoms. The zero-order valence-electron chi connectivity index (χ0n) is 14.5. The maximum Gasteiger partial charge on any atom is 0.220 e. The fourth-order valence-corrected chi connectivity index (χ4v) is 3.29. The summed E-state index contributed by atoms with van der Waals surface area (Å²) in [6.07, 6.45) is 4.83. The third kappa shape index (κ3) is 3.62. The first-order valence-electron chi connectivity index (χ1n) is 8.89. The van der Waals surface area contributed by atoms with Gasteiger partial charge < -0.3 is 9.32 Å². The second kappa shape index (κ2) is 7.53. The van der Waals surface area contributed by atoms with Gasteiger partial charge in [-0.15, -0.1) is 0 Å². The molecule has 1 aliphatic heterocycles. The summed E-state index contributed by atoms with van der Waals surface area (Å²) in [6, 6.07) is 12.8. The van der Waals surface area contributed by atoms with Crippen LogP contribution in [0.2, 0.25) is 0 Å². The van der Waals surface area contributed by atoms with E-state index in [1.807, 2.05) is 6.07 Å². The van der Waals surface area contributed by atoms with Gasteiger partial charge >= 0.3 is 0 Å². The van der Waals surface area contributed by atoms with E-state index in [1.54, 1.807) is 0 Å². The van der Waals surface area contributed by atoms with E-state index in [2.05, 4.69) is 49.1 Å². The first kappa shape index (κ1) is 16.6. The Balaban J connectivity index is 1.70. The van der Waals surface area contributed by atoms with Gasteiger partial charge in [0, 0.05) is 18.9 Å². The Morgan fingerprint density at radius 3 is 2.79 bits per heavy atom. The average Bonchev–Trinajstić information content (AvgIpc) is 3.22. The Labute approximate surface area is 144 Å². The van der Waals surface area contributed by atoms with Crippen LogP contribution in [-0.4, -0.2) is 17.6 Å². The summed E-state index contributed by atoms with van der Waals surface area (Å²) < 4.78 is 6.09. The van der Waals surface area contributed by atoms with Crippen molar-refractivity contribution in [2.45, 2.75) is 57.9 Å². The molecule has 4 nitrogen and oxygen atoms in total. The van der Waals surface area contributed by atoms with Crippen LogP contribution in [0, 0.1) is 11.3 Å². The third-order valence-corrected chi connectivity index (χ3v) is 4.59.